The van der Waals surface area contributed by atoms with Crippen molar-refractivity contribution in [1.82, 2.24) is 9.88 Å². The number of hydrogen-bond acceptors (Lipinski definition) is 4. The summed E-state index contributed by atoms with van der Waals surface area (Å²) in [5.41, 5.74) is 1.13. The number of anilines is 1. The molecule has 0 saturated carbocycles. The van der Waals surface area contributed by atoms with Gasteiger partial charge in [-0.15, -0.1) is 0 Å². The maximum absolute atomic E-state index is 12.2. The van der Waals surface area contributed by atoms with E-state index in [4.69, 9.17) is 4.74 Å². The van der Waals surface area contributed by atoms with Crippen molar-refractivity contribution in [1.29, 1.82) is 0 Å². The van der Waals surface area contributed by atoms with E-state index in [-0.39, 0.29) is 11.9 Å². The van der Waals surface area contributed by atoms with Crippen LogP contribution in [-0.4, -0.2) is 48.1 Å². The van der Waals surface area contributed by atoms with Crippen molar-refractivity contribution in [2.45, 2.75) is 18.9 Å². The van der Waals surface area contributed by atoms with Crippen LogP contribution in [-0.2, 0) is 16.0 Å². The molecular weight excluding hydrogens is 230 g/mol. The summed E-state index contributed by atoms with van der Waals surface area (Å²) in [4.78, 5) is 18.7. The number of aromatic nitrogens is 1. The summed E-state index contributed by atoms with van der Waals surface area (Å²) in [6.45, 7) is 3.10. The first-order valence-corrected chi connectivity index (χ1v) is 6.41. The third kappa shape index (κ3) is 2.23. The van der Waals surface area contributed by atoms with Gasteiger partial charge in [0.2, 0.25) is 5.91 Å². The van der Waals surface area contributed by atoms with Gasteiger partial charge in [0.25, 0.3) is 0 Å². The Balaban J connectivity index is 1.78. The summed E-state index contributed by atoms with van der Waals surface area (Å²) in [5, 5.41) is 2.94. The Morgan fingerprint density at radius 1 is 1.39 bits per heavy atom. The van der Waals surface area contributed by atoms with Gasteiger partial charge in [0.05, 0.1) is 19.3 Å². The lowest BCUT2D eigenvalue weighted by Gasteiger charge is -2.32. The lowest BCUT2D eigenvalue weighted by atomic mass is 10.1. The average molecular weight is 247 g/mol. The minimum Gasteiger partial charge on any atom is -0.379 e. The van der Waals surface area contributed by atoms with Gasteiger partial charge in [-0.05, 0) is 24.5 Å². The predicted octanol–water partition coefficient (Wildman–Crippen LogP) is 0.667. The highest BCUT2D eigenvalue weighted by Crippen LogP contribution is 2.22. The SMILES string of the molecule is O=C1Nc2ncccc2CCC1N1CCOCC1. The number of nitrogens with zero attached hydrogens (tertiary/aromatic N) is 2. The van der Waals surface area contributed by atoms with Gasteiger partial charge < -0.3 is 10.1 Å². The molecule has 5 nitrogen and oxygen atoms in total. The number of morpholine rings is 1. The molecular formula is C13H17N3O2. The molecule has 0 bridgehead atoms. The third-order valence-corrected chi connectivity index (χ3v) is 3.61. The molecule has 0 spiro atoms. The van der Waals surface area contributed by atoms with E-state index in [1.807, 2.05) is 12.1 Å². The lowest BCUT2D eigenvalue weighted by Crippen LogP contribution is -2.48. The standard InChI is InChI=1S/C13H17N3O2/c17-13-11(16-6-8-18-9-7-16)4-3-10-2-1-5-14-12(10)15-13/h1-2,5,11H,3-4,6-9H2,(H,14,15,17). The van der Waals surface area contributed by atoms with Gasteiger partial charge >= 0.3 is 0 Å². The second-order valence-electron chi connectivity index (χ2n) is 4.70. The van der Waals surface area contributed by atoms with Crippen LogP contribution in [0.4, 0.5) is 5.82 Å². The summed E-state index contributed by atoms with van der Waals surface area (Å²) < 4.78 is 5.33. The highest BCUT2D eigenvalue weighted by Gasteiger charge is 2.30. The number of pyridine rings is 1. The Hall–Kier alpha value is -1.46. The zero-order chi connectivity index (χ0) is 12.4. The second-order valence-corrected chi connectivity index (χ2v) is 4.70. The predicted molar refractivity (Wildman–Crippen MR) is 67.4 cm³/mol. The lowest BCUT2D eigenvalue weighted by molar-refractivity contribution is -0.123. The van der Waals surface area contributed by atoms with Crippen LogP contribution >= 0.6 is 0 Å². The first-order chi connectivity index (χ1) is 8.84. The summed E-state index contributed by atoms with van der Waals surface area (Å²) in [7, 11) is 0. The number of aryl methyl sites for hydroxylation is 1. The first-order valence-electron chi connectivity index (χ1n) is 6.41. The number of ether oxygens (including phenoxy) is 1. The van der Waals surface area contributed by atoms with Crippen LogP contribution in [0.25, 0.3) is 0 Å². The third-order valence-electron chi connectivity index (χ3n) is 3.61. The fourth-order valence-electron chi connectivity index (χ4n) is 2.61. The molecule has 3 rings (SSSR count). The molecule has 1 unspecified atom stereocenters. The molecule has 2 aliphatic rings. The van der Waals surface area contributed by atoms with Crippen molar-refractivity contribution in [2.75, 3.05) is 31.6 Å². The summed E-state index contributed by atoms with van der Waals surface area (Å²) in [5.74, 6) is 0.785. The highest BCUT2D eigenvalue weighted by molar-refractivity contribution is 5.95. The molecule has 18 heavy (non-hydrogen) atoms. The van der Waals surface area contributed by atoms with Crippen molar-refractivity contribution >= 4 is 11.7 Å². The van der Waals surface area contributed by atoms with Crippen molar-refractivity contribution in [2.24, 2.45) is 0 Å². The molecule has 1 aromatic rings. The quantitative estimate of drug-likeness (QED) is 0.792. The molecule has 1 aromatic heterocycles. The van der Waals surface area contributed by atoms with Crippen molar-refractivity contribution < 1.29 is 9.53 Å². The zero-order valence-electron chi connectivity index (χ0n) is 10.3. The van der Waals surface area contributed by atoms with Gasteiger partial charge in [0.1, 0.15) is 5.82 Å². The molecule has 5 heteroatoms. The van der Waals surface area contributed by atoms with Crippen LogP contribution in [0.5, 0.6) is 0 Å². The van der Waals surface area contributed by atoms with Crippen LogP contribution in [0.1, 0.15) is 12.0 Å². The summed E-state index contributed by atoms with van der Waals surface area (Å²) >= 11 is 0. The van der Waals surface area contributed by atoms with Gasteiger partial charge in [-0.2, -0.15) is 0 Å². The topological polar surface area (TPSA) is 54.5 Å². The maximum Gasteiger partial charge on any atom is 0.242 e. The molecule has 3 heterocycles. The van der Waals surface area contributed by atoms with E-state index in [1.54, 1.807) is 6.20 Å². The van der Waals surface area contributed by atoms with E-state index in [0.717, 1.165) is 50.5 Å². The molecule has 1 N–H and O–H groups in total. The fourth-order valence-corrected chi connectivity index (χ4v) is 2.61. The number of carbonyl (C=O) groups is 1. The number of amides is 1. The molecule has 1 atom stereocenters. The number of rotatable bonds is 1. The van der Waals surface area contributed by atoms with Gasteiger partial charge in [-0.25, -0.2) is 4.98 Å². The molecule has 96 valence electrons. The summed E-state index contributed by atoms with van der Waals surface area (Å²) in [6, 6.07) is 3.90. The molecule has 0 radical (unpaired) electrons. The van der Waals surface area contributed by atoms with E-state index in [9.17, 15) is 4.79 Å². The van der Waals surface area contributed by atoms with E-state index in [0.29, 0.717) is 0 Å². The number of nitrogens with one attached hydrogen (secondary N) is 1. The molecule has 2 aliphatic heterocycles. The smallest absolute Gasteiger partial charge is 0.242 e. The van der Waals surface area contributed by atoms with Crippen LogP contribution < -0.4 is 5.32 Å². The second kappa shape index (κ2) is 5.04. The Morgan fingerprint density at radius 2 is 2.22 bits per heavy atom. The maximum atomic E-state index is 12.2. The van der Waals surface area contributed by atoms with E-state index >= 15 is 0 Å². The molecule has 1 amide bonds. The molecule has 1 saturated heterocycles. The van der Waals surface area contributed by atoms with Gasteiger partial charge in [-0.1, -0.05) is 6.07 Å². The molecule has 0 aliphatic carbocycles. The zero-order valence-corrected chi connectivity index (χ0v) is 10.3. The average Bonchev–Trinajstić information content (AvgIpc) is 2.58. The first kappa shape index (κ1) is 11.6. The van der Waals surface area contributed by atoms with Crippen LogP contribution in [0.2, 0.25) is 0 Å². The Labute approximate surface area is 106 Å². The highest BCUT2D eigenvalue weighted by atomic mass is 16.5. The molecule has 0 aromatic carbocycles. The van der Waals surface area contributed by atoms with Crippen molar-refractivity contribution in [3.8, 4) is 0 Å². The minimum absolute atomic E-state index is 0.0527. The Morgan fingerprint density at radius 3 is 3.06 bits per heavy atom. The van der Waals surface area contributed by atoms with Crippen LogP contribution in [0, 0.1) is 0 Å². The van der Waals surface area contributed by atoms with Gasteiger partial charge in [0, 0.05) is 19.3 Å². The number of fused-ring (bicyclic) bond motifs is 1. The van der Waals surface area contributed by atoms with Crippen LogP contribution in [0.3, 0.4) is 0 Å². The Bertz CT molecular complexity index is 444. The fraction of sp³-hybridized carbons (Fsp3) is 0.538. The van der Waals surface area contributed by atoms with Crippen LogP contribution in [0.15, 0.2) is 18.3 Å². The van der Waals surface area contributed by atoms with Gasteiger partial charge in [0.15, 0.2) is 0 Å². The van der Waals surface area contributed by atoms with E-state index in [2.05, 4.69) is 15.2 Å². The largest absolute Gasteiger partial charge is 0.379 e. The van der Waals surface area contributed by atoms with E-state index < -0.39 is 0 Å². The number of hydrogen-bond donors (Lipinski definition) is 1. The van der Waals surface area contributed by atoms with E-state index in [1.165, 1.54) is 0 Å². The monoisotopic (exact) mass is 247 g/mol. The van der Waals surface area contributed by atoms with Crippen molar-refractivity contribution in [3.05, 3.63) is 23.9 Å². The minimum atomic E-state index is -0.0527. The normalized spacial score (nSPS) is 25.1. The van der Waals surface area contributed by atoms with Crippen molar-refractivity contribution in [3.63, 3.8) is 0 Å². The summed E-state index contributed by atoms with van der Waals surface area (Å²) in [6.07, 6.45) is 3.46. The van der Waals surface area contributed by atoms with Gasteiger partial charge in [-0.3, -0.25) is 9.69 Å². The Kier molecular flexibility index (Phi) is 3.25. The molecule has 1 fully saturated rings. The number of carbonyl (C=O) groups excluding carboxylic acids is 1.